The summed E-state index contributed by atoms with van der Waals surface area (Å²) in [6.07, 6.45) is 1.60. The molecule has 102 valence electrons. The average Bonchev–Trinajstić information content (AvgIpc) is 2.43. The summed E-state index contributed by atoms with van der Waals surface area (Å²) in [6.45, 7) is 7.79. The highest BCUT2D eigenvalue weighted by Gasteiger charge is 2.15. The Hall–Kier alpha value is -1.68. The van der Waals surface area contributed by atoms with Crippen LogP contribution in [0.1, 0.15) is 20.8 Å². The predicted octanol–water partition coefficient (Wildman–Crippen LogP) is 3.10. The zero-order chi connectivity index (χ0) is 13.7. The summed E-state index contributed by atoms with van der Waals surface area (Å²) in [4.78, 5) is 8.63. The van der Waals surface area contributed by atoms with Gasteiger partial charge in [-0.05, 0) is 25.0 Å². The summed E-state index contributed by atoms with van der Waals surface area (Å²) in [6, 6.07) is 8.27. The maximum absolute atomic E-state index is 5.54. The van der Waals surface area contributed by atoms with Gasteiger partial charge in [0.25, 0.3) is 0 Å². The van der Waals surface area contributed by atoms with Crippen molar-refractivity contribution in [2.45, 2.75) is 26.8 Å². The standard InChI is InChI=1S/C15H21N3O/c1-4-19-9-14(11(2)3)18-15-12-7-5-6-8-13(12)16-10-17-15/h5-8,10-11,14H,4,9H2,1-3H3,(H,16,17,18). The van der Waals surface area contributed by atoms with Gasteiger partial charge in [0.1, 0.15) is 12.1 Å². The predicted molar refractivity (Wildman–Crippen MR) is 78.3 cm³/mol. The van der Waals surface area contributed by atoms with Crippen LogP contribution >= 0.6 is 0 Å². The van der Waals surface area contributed by atoms with Gasteiger partial charge in [0.2, 0.25) is 0 Å². The van der Waals surface area contributed by atoms with Crippen LogP contribution in [-0.4, -0.2) is 29.2 Å². The van der Waals surface area contributed by atoms with E-state index in [1.807, 2.05) is 31.2 Å². The van der Waals surface area contributed by atoms with Gasteiger partial charge < -0.3 is 10.1 Å². The number of ether oxygens (including phenoxy) is 1. The lowest BCUT2D eigenvalue weighted by Crippen LogP contribution is -2.31. The summed E-state index contributed by atoms with van der Waals surface area (Å²) >= 11 is 0. The second kappa shape index (κ2) is 6.48. The number of benzene rings is 1. The lowest BCUT2D eigenvalue weighted by atomic mass is 10.1. The van der Waals surface area contributed by atoms with Crippen LogP contribution in [0.15, 0.2) is 30.6 Å². The van der Waals surface area contributed by atoms with Crippen molar-refractivity contribution >= 4 is 16.7 Å². The summed E-state index contributed by atoms with van der Waals surface area (Å²) in [5.74, 6) is 1.35. The molecule has 0 amide bonds. The van der Waals surface area contributed by atoms with E-state index >= 15 is 0 Å². The lowest BCUT2D eigenvalue weighted by molar-refractivity contribution is 0.126. The van der Waals surface area contributed by atoms with Crippen molar-refractivity contribution < 1.29 is 4.74 Å². The number of hydrogen-bond donors (Lipinski definition) is 1. The average molecular weight is 259 g/mol. The van der Waals surface area contributed by atoms with Gasteiger partial charge in [0, 0.05) is 12.0 Å². The zero-order valence-electron chi connectivity index (χ0n) is 11.8. The fraction of sp³-hybridized carbons (Fsp3) is 0.467. The van der Waals surface area contributed by atoms with Crippen LogP contribution in [-0.2, 0) is 4.74 Å². The van der Waals surface area contributed by atoms with Gasteiger partial charge in [-0.1, -0.05) is 26.0 Å². The van der Waals surface area contributed by atoms with E-state index < -0.39 is 0 Å². The molecule has 1 unspecified atom stereocenters. The second-order valence-electron chi connectivity index (χ2n) is 4.89. The number of para-hydroxylation sites is 1. The third-order valence-corrected chi connectivity index (χ3v) is 3.17. The van der Waals surface area contributed by atoms with E-state index in [9.17, 15) is 0 Å². The van der Waals surface area contributed by atoms with E-state index in [0.29, 0.717) is 12.5 Å². The van der Waals surface area contributed by atoms with Crippen molar-refractivity contribution in [3.05, 3.63) is 30.6 Å². The van der Waals surface area contributed by atoms with Gasteiger partial charge in [0.05, 0.1) is 18.2 Å². The normalized spacial score (nSPS) is 12.8. The molecule has 4 heteroatoms. The Morgan fingerprint density at radius 2 is 2.00 bits per heavy atom. The van der Waals surface area contributed by atoms with Crippen LogP contribution < -0.4 is 5.32 Å². The number of nitrogens with zero attached hydrogens (tertiary/aromatic N) is 2. The number of aromatic nitrogens is 2. The first-order valence-electron chi connectivity index (χ1n) is 6.76. The van der Waals surface area contributed by atoms with Crippen LogP contribution in [0.25, 0.3) is 10.9 Å². The topological polar surface area (TPSA) is 47.0 Å². The Balaban J connectivity index is 2.23. The van der Waals surface area contributed by atoms with Crippen molar-refractivity contribution in [3.8, 4) is 0 Å². The first-order chi connectivity index (χ1) is 9.22. The van der Waals surface area contributed by atoms with E-state index in [4.69, 9.17) is 4.74 Å². The van der Waals surface area contributed by atoms with Crippen LogP contribution in [0.4, 0.5) is 5.82 Å². The molecule has 2 aromatic rings. The lowest BCUT2D eigenvalue weighted by Gasteiger charge is -2.23. The molecule has 0 saturated heterocycles. The monoisotopic (exact) mass is 259 g/mol. The van der Waals surface area contributed by atoms with Crippen molar-refractivity contribution in [2.75, 3.05) is 18.5 Å². The van der Waals surface area contributed by atoms with Gasteiger partial charge in [-0.2, -0.15) is 0 Å². The number of anilines is 1. The number of nitrogens with one attached hydrogen (secondary N) is 1. The third-order valence-electron chi connectivity index (χ3n) is 3.17. The van der Waals surface area contributed by atoms with Crippen LogP contribution in [0.3, 0.4) is 0 Å². The third kappa shape index (κ3) is 3.41. The van der Waals surface area contributed by atoms with E-state index in [1.165, 1.54) is 0 Å². The van der Waals surface area contributed by atoms with Crippen molar-refractivity contribution in [2.24, 2.45) is 5.92 Å². The van der Waals surface area contributed by atoms with Crippen molar-refractivity contribution in [3.63, 3.8) is 0 Å². The van der Waals surface area contributed by atoms with Crippen molar-refractivity contribution in [1.82, 2.24) is 9.97 Å². The Morgan fingerprint density at radius 3 is 2.74 bits per heavy atom. The molecule has 19 heavy (non-hydrogen) atoms. The van der Waals surface area contributed by atoms with Crippen LogP contribution in [0, 0.1) is 5.92 Å². The maximum Gasteiger partial charge on any atom is 0.137 e. The Morgan fingerprint density at radius 1 is 1.21 bits per heavy atom. The highest BCUT2D eigenvalue weighted by Crippen LogP contribution is 2.20. The fourth-order valence-corrected chi connectivity index (χ4v) is 1.94. The van der Waals surface area contributed by atoms with Crippen molar-refractivity contribution in [1.29, 1.82) is 0 Å². The van der Waals surface area contributed by atoms with E-state index in [1.54, 1.807) is 6.33 Å². The van der Waals surface area contributed by atoms with Gasteiger partial charge in [-0.3, -0.25) is 0 Å². The minimum atomic E-state index is 0.248. The fourth-order valence-electron chi connectivity index (χ4n) is 1.94. The molecular weight excluding hydrogens is 238 g/mol. The second-order valence-corrected chi connectivity index (χ2v) is 4.89. The van der Waals surface area contributed by atoms with E-state index in [-0.39, 0.29) is 6.04 Å². The molecule has 1 aromatic carbocycles. The minimum Gasteiger partial charge on any atom is -0.380 e. The smallest absolute Gasteiger partial charge is 0.137 e. The van der Waals surface area contributed by atoms with E-state index in [0.717, 1.165) is 23.3 Å². The van der Waals surface area contributed by atoms with Crippen LogP contribution in [0.2, 0.25) is 0 Å². The first kappa shape index (κ1) is 13.7. The number of rotatable bonds is 6. The molecule has 0 fully saturated rings. The highest BCUT2D eigenvalue weighted by atomic mass is 16.5. The summed E-state index contributed by atoms with van der Waals surface area (Å²) in [5.41, 5.74) is 0.957. The molecule has 0 aliphatic heterocycles. The molecule has 0 radical (unpaired) electrons. The molecule has 2 rings (SSSR count). The van der Waals surface area contributed by atoms with Gasteiger partial charge in [0.15, 0.2) is 0 Å². The van der Waals surface area contributed by atoms with Crippen LogP contribution in [0.5, 0.6) is 0 Å². The molecule has 1 heterocycles. The number of fused-ring (bicyclic) bond motifs is 1. The summed E-state index contributed by atoms with van der Waals surface area (Å²) in [7, 11) is 0. The molecule has 0 bridgehead atoms. The van der Waals surface area contributed by atoms with E-state index in [2.05, 4.69) is 29.1 Å². The molecule has 0 aliphatic carbocycles. The Kier molecular flexibility index (Phi) is 4.68. The molecule has 1 N–H and O–H groups in total. The Bertz CT molecular complexity index is 522. The maximum atomic E-state index is 5.54. The highest BCUT2D eigenvalue weighted by molar-refractivity contribution is 5.88. The SMILES string of the molecule is CCOCC(Nc1ncnc2ccccc12)C(C)C. The molecule has 0 spiro atoms. The zero-order valence-corrected chi connectivity index (χ0v) is 11.8. The van der Waals surface area contributed by atoms with Gasteiger partial charge in [-0.25, -0.2) is 9.97 Å². The summed E-state index contributed by atoms with van der Waals surface area (Å²) < 4.78 is 5.54. The van der Waals surface area contributed by atoms with Gasteiger partial charge >= 0.3 is 0 Å². The molecular formula is C15H21N3O. The first-order valence-corrected chi connectivity index (χ1v) is 6.76. The quantitative estimate of drug-likeness (QED) is 0.866. The van der Waals surface area contributed by atoms with Gasteiger partial charge in [-0.15, -0.1) is 0 Å². The minimum absolute atomic E-state index is 0.248. The number of hydrogen-bond acceptors (Lipinski definition) is 4. The molecule has 0 saturated carbocycles. The molecule has 4 nitrogen and oxygen atoms in total. The molecule has 0 aliphatic rings. The molecule has 1 aromatic heterocycles. The largest absolute Gasteiger partial charge is 0.380 e. The summed E-state index contributed by atoms with van der Waals surface area (Å²) in [5, 5.41) is 4.53. The Labute approximate surface area is 114 Å². The molecule has 1 atom stereocenters.